The van der Waals surface area contributed by atoms with Gasteiger partial charge in [-0.25, -0.2) is 13.4 Å². The lowest BCUT2D eigenvalue weighted by Gasteiger charge is -2.21. The molecule has 1 aromatic rings. The number of hydrogen-bond acceptors (Lipinski definition) is 5. The van der Waals surface area contributed by atoms with Gasteiger partial charge in [0.15, 0.2) is 0 Å². The van der Waals surface area contributed by atoms with Crippen molar-refractivity contribution in [2.24, 2.45) is 0 Å². The zero-order valence-corrected chi connectivity index (χ0v) is 15.0. The molecule has 0 spiro atoms. The van der Waals surface area contributed by atoms with E-state index in [4.69, 9.17) is 4.74 Å². The number of rotatable bonds is 9. The average Bonchev–Trinajstić information content (AvgIpc) is 2.46. The van der Waals surface area contributed by atoms with Gasteiger partial charge < -0.3 is 10.1 Å². The standard InChI is InChI=1S/C13H22BrN3O3S/c1-4-6-15-13-12(9-11(14)10-16-13)21(18,19)17(5-2)7-8-20-3/h9-10H,4-8H2,1-3H3,(H,15,16). The molecular weight excluding hydrogens is 358 g/mol. The van der Waals surface area contributed by atoms with E-state index in [1.807, 2.05) is 6.92 Å². The molecule has 6 nitrogen and oxygen atoms in total. The minimum absolute atomic E-state index is 0.184. The van der Waals surface area contributed by atoms with E-state index in [-0.39, 0.29) is 4.90 Å². The molecule has 8 heteroatoms. The molecule has 0 bridgehead atoms. The van der Waals surface area contributed by atoms with Crippen LogP contribution in [0.15, 0.2) is 21.6 Å². The highest BCUT2D eigenvalue weighted by Gasteiger charge is 2.26. The van der Waals surface area contributed by atoms with Crippen molar-refractivity contribution in [3.63, 3.8) is 0 Å². The minimum atomic E-state index is -3.61. The van der Waals surface area contributed by atoms with Crippen LogP contribution in [0, 0.1) is 0 Å². The largest absolute Gasteiger partial charge is 0.383 e. The number of sulfonamides is 1. The maximum atomic E-state index is 12.8. The number of pyridine rings is 1. The lowest BCUT2D eigenvalue weighted by atomic mass is 10.4. The van der Waals surface area contributed by atoms with Gasteiger partial charge in [0.05, 0.1) is 6.61 Å². The fourth-order valence-corrected chi connectivity index (χ4v) is 3.83. The molecule has 1 rings (SSSR count). The third-order valence-electron chi connectivity index (χ3n) is 2.88. The van der Waals surface area contributed by atoms with Gasteiger partial charge in [0.1, 0.15) is 10.7 Å². The van der Waals surface area contributed by atoms with Gasteiger partial charge in [-0.1, -0.05) is 13.8 Å². The van der Waals surface area contributed by atoms with Crippen molar-refractivity contribution in [1.29, 1.82) is 0 Å². The molecule has 0 atom stereocenters. The van der Waals surface area contributed by atoms with Crippen LogP contribution < -0.4 is 5.32 Å². The van der Waals surface area contributed by atoms with Crippen molar-refractivity contribution < 1.29 is 13.2 Å². The summed E-state index contributed by atoms with van der Waals surface area (Å²) in [7, 11) is -2.06. The first kappa shape index (κ1) is 18.3. The number of ether oxygens (including phenoxy) is 1. The summed E-state index contributed by atoms with van der Waals surface area (Å²) in [4.78, 5) is 4.37. The van der Waals surface area contributed by atoms with Crippen LogP contribution in [0.5, 0.6) is 0 Å². The number of nitrogens with one attached hydrogen (secondary N) is 1. The van der Waals surface area contributed by atoms with Gasteiger partial charge in [-0.3, -0.25) is 0 Å². The molecule has 1 N–H and O–H groups in total. The van der Waals surface area contributed by atoms with Crippen LogP contribution in [0.1, 0.15) is 20.3 Å². The predicted octanol–water partition coefficient (Wildman–Crippen LogP) is 2.32. The number of methoxy groups -OCH3 is 1. The zero-order valence-electron chi connectivity index (χ0n) is 12.6. The van der Waals surface area contributed by atoms with E-state index in [0.29, 0.717) is 36.5 Å². The topological polar surface area (TPSA) is 71.5 Å². The number of aromatic nitrogens is 1. The van der Waals surface area contributed by atoms with E-state index < -0.39 is 10.0 Å². The number of anilines is 1. The van der Waals surface area contributed by atoms with Crippen molar-refractivity contribution in [3.8, 4) is 0 Å². The second-order valence-electron chi connectivity index (χ2n) is 4.42. The molecule has 120 valence electrons. The van der Waals surface area contributed by atoms with Crippen molar-refractivity contribution in [2.45, 2.75) is 25.2 Å². The number of likely N-dealkylation sites (N-methyl/N-ethyl adjacent to an activating group) is 1. The maximum Gasteiger partial charge on any atom is 0.246 e. The summed E-state index contributed by atoms with van der Waals surface area (Å²) in [5.41, 5.74) is 0. The number of hydrogen-bond donors (Lipinski definition) is 1. The summed E-state index contributed by atoms with van der Waals surface area (Å²) in [6, 6.07) is 1.58. The van der Waals surface area contributed by atoms with Crippen LogP contribution in [0.2, 0.25) is 0 Å². The number of halogens is 1. The first-order valence-electron chi connectivity index (χ1n) is 6.85. The van der Waals surface area contributed by atoms with E-state index in [9.17, 15) is 8.42 Å². The van der Waals surface area contributed by atoms with Crippen molar-refractivity contribution >= 4 is 31.8 Å². The fraction of sp³-hybridized carbons (Fsp3) is 0.615. The Bertz CT molecular complexity index is 552. The summed E-state index contributed by atoms with van der Waals surface area (Å²) < 4.78 is 32.5. The van der Waals surface area contributed by atoms with Crippen LogP contribution in [0.4, 0.5) is 5.82 Å². The second kappa shape index (κ2) is 8.67. The molecule has 0 amide bonds. The Labute approximate surface area is 135 Å². The Balaban J connectivity index is 3.18. The second-order valence-corrected chi connectivity index (χ2v) is 7.24. The van der Waals surface area contributed by atoms with Crippen molar-refractivity contribution in [2.75, 3.05) is 38.7 Å². The van der Waals surface area contributed by atoms with E-state index in [1.54, 1.807) is 26.3 Å². The average molecular weight is 380 g/mol. The van der Waals surface area contributed by atoms with Crippen LogP contribution in [-0.4, -0.2) is 51.1 Å². The van der Waals surface area contributed by atoms with Gasteiger partial charge in [0.25, 0.3) is 0 Å². The van der Waals surface area contributed by atoms with E-state index >= 15 is 0 Å². The van der Waals surface area contributed by atoms with E-state index in [1.165, 1.54) is 4.31 Å². The molecule has 1 aromatic heterocycles. The summed E-state index contributed by atoms with van der Waals surface area (Å²) in [6.45, 7) is 5.53. The maximum absolute atomic E-state index is 12.8. The molecule has 1 heterocycles. The highest BCUT2D eigenvalue weighted by atomic mass is 79.9. The minimum Gasteiger partial charge on any atom is -0.383 e. The third kappa shape index (κ3) is 4.91. The summed E-state index contributed by atoms with van der Waals surface area (Å²) in [5, 5.41) is 3.06. The molecule has 0 aliphatic heterocycles. The van der Waals surface area contributed by atoms with Crippen molar-refractivity contribution in [3.05, 3.63) is 16.7 Å². The molecule has 0 fully saturated rings. The predicted molar refractivity (Wildman–Crippen MR) is 87.0 cm³/mol. The zero-order chi connectivity index (χ0) is 15.9. The van der Waals surface area contributed by atoms with Crippen LogP contribution in [0.25, 0.3) is 0 Å². The first-order valence-corrected chi connectivity index (χ1v) is 9.09. The highest BCUT2D eigenvalue weighted by Crippen LogP contribution is 2.26. The lowest BCUT2D eigenvalue weighted by Crippen LogP contribution is -2.34. The Morgan fingerprint density at radius 2 is 2.14 bits per heavy atom. The quantitative estimate of drug-likeness (QED) is 0.712. The summed E-state index contributed by atoms with van der Waals surface area (Å²) >= 11 is 3.28. The summed E-state index contributed by atoms with van der Waals surface area (Å²) in [6.07, 6.45) is 2.47. The molecular formula is C13H22BrN3O3S. The highest BCUT2D eigenvalue weighted by molar-refractivity contribution is 9.10. The molecule has 0 radical (unpaired) electrons. The van der Waals surface area contributed by atoms with E-state index in [0.717, 1.165) is 6.42 Å². The molecule has 0 aliphatic rings. The number of nitrogens with zero attached hydrogens (tertiary/aromatic N) is 2. The van der Waals surface area contributed by atoms with Gasteiger partial charge in [-0.05, 0) is 28.4 Å². The first-order chi connectivity index (χ1) is 9.97. The molecule has 0 aromatic carbocycles. The molecule has 0 saturated carbocycles. The lowest BCUT2D eigenvalue weighted by molar-refractivity contribution is 0.180. The van der Waals surface area contributed by atoms with Crippen molar-refractivity contribution in [1.82, 2.24) is 9.29 Å². The van der Waals surface area contributed by atoms with Crippen LogP contribution in [0.3, 0.4) is 0 Å². The SMILES string of the molecule is CCCNc1ncc(Br)cc1S(=O)(=O)N(CC)CCOC. The van der Waals surface area contributed by atoms with Gasteiger partial charge in [0.2, 0.25) is 10.0 Å². The third-order valence-corrected chi connectivity index (χ3v) is 5.30. The van der Waals surface area contributed by atoms with Crippen LogP contribution in [-0.2, 0) is 14.8 Å². The monoisotopic (exact) mass is 379 g/mol. The Kier molecular flexibility index (Phi) is 7.58. The van der Waals surface area contributed by atoms with Gasteiger partial charge in [-0.15, -0.1) is 0 Å². The van der Waals surface area contributed by atoms with Gasteiger partial charge in [-0.2, -0.15) is 4.31 Å². The smallest absolute Gasteiger partial charge is 0.246 e. The van der Waals surface area contributed by atoms with Gasteiger partial charge >= 0.3 is 0 Å². The Hall–Kier alpha value is -0.700. The van der Waals surface area contributed by atoms with E-state index in [2.05, 4.69) is 26.2 Å². The Morgan fingerprint density at radius 1 is 1.43 bits per heavy atom. The Morgan fingerprint density at radius 3 is 2.71 bits per heavy atom. The van der Waals surface area contributed by atoms with Crippen LogP contribution >= 0.6 is 15.9 Å². The molecule has 21 heavy (non-hydrogen) atoms. The molecule has 0 aliphatic carbocycles. The van der Waals surface area contributed by atoms with Gasteiger partial charge in [0, 0.05) is 37.4 Å². The summed E-state index contributed by atoms with van der Waals surface area (Å²) in [5.74, 6) is 0.385. The molecule has 0 unspecified atom stereocenters. The normalized spacial score (nSPS) is 11.9. The molecule has 0 saturated heterocycles. The fourth-order valence-electron chi connectivity index (χ4n) is 1.77.